The van der Waals surface area contributed by atoms with Gasteiger partial charge in [0.25, 0.3) is 0 Å². The minimum Gasteiger partial charge on any atom is -0.618 e. The Balaban J connectivity index is 2.16. The smallest absolute Gasteiger partial charge is 0.232 e. The third-order valence-corrected chi connectivity index (χ3v) is 5.99. The van der Waals surface area contributed by atoms with Gasteiger partial charge in [-0.2, -0.15) is 4.73 Å². The van der Waals surface area contributed by atoms with Crippen LogP contribution in [0.2, 0.25) is 0 Å². The molecule has 1 aromatic heterocycles. The van der Waals surface area contributed by atoms with Crippen molar-refractivity contribution < 1.29 is 26.7 Å². The van der Waals surface area contributed by atoms with E-state index in [2.05, 4.69) is 4.72 Å². The van der Waals surface area contributed by atoms with Crippen molar-refractivity contribution in [1.82, 2.24) is 0 Å². The number of benzene rings is 2. The number of ether oxygens (including phenoxy) is 1. The molecular formula is C22H22F2N2O4S. The van der Waals surface area contributed by atoms with Crippen LogP contribution in [0, 0.1) is 23.8 Å². The zero-order valence-electron chi connectivity index (χ0n) is 17.3. The first-order valence-electron chi connectivity index (χ1n) is 9.64. The summed E-state index contributed by atoms with van der Waals surface area (Å²) in [5, 5.41) is 12.2. The van der Waals surface area contributed by atoms with E-state index in [9.17, 15) is 22.4 Å². The summed E-state index contributed by atoms with van der Waals surface area (Å²) in [6.45, 7) is 5.00. The molecule has 0 fully saturated rings. The number of aromatic nitrogens is 1. The molecule has 0 unspecified atom stereocenters. The molecule has 2 aromatic carbocycles. The zero-order chi connectivity index (χ0) is 22.8. The van der Waals surface area contributed by atoms with E-state index in [-0.39, 0.29) is 17.3 Å². The van der Waals surface area contributed by atoms with Crippen LogP contribution in [0.1, 0.15) is 25.2 Å². The first-order valence-corrected chi connectivity index (χ1v) is 11.3. The SMILES string of the molecule is CCc1cc(-c2cc(NS(=O)(=O)CC)ccc2Oc2ccc(F)cc2F)cc(C)[n+]1[O-]. The number of hydrogen-bond donors (Lipinski definition) is 1. The summed E-state index contributed by atoms with van der Waals surface area (Å²) in [7, 11) is -3.53. The molecular weight excluding hydrogens is 426 g/mol. The van der Waals surface area contributed by atoms with E-state index in [0.29, 0.717) is 40.7 Å². The first kappa shape index (κ1) is 22.5. The van der Waals surface area contributed by atoms with E-state index in [1.54, 1.807) is 25.1 Å². The number of pyridine rings is 1. The topological polar surface area (TPSA) is 82.3 Å². The van der Waals surface area contributed by atoms with Crippen LogP contribution < -0.4 is 14.2 Å². The van der Waals surface area contributed by atoms with Crippen molar-refractivity contribution in [2.75, 3.05) is 10.5 Å². The fourth-order valence-corrected chi connectivity index (χ4v) is 3.66. The Kier molecular flexibility index (Phi) is 6.45. The number of rotatable bonds is 7. The summed E-state index contributed by atoms with van der Waals surface area (Å²) in [5.74, 6) is -1.69. The normalized spacial score (nSPS) is 11.4. The van der Waals surface area contributed by atoms with Gasteiger partial charge in [0.05, 0.1) is 5.75 Å². The highest BCUT2D eigenvalue weighted by Crippen LogP contribution is 2.37. The summed E-state index contributed by atoms with van der Waals surface area (Å²) in [5.41, 5.74) is 2.27. The summed E-state index contributed by atoms with van der Waals surface area (Å²) >= 11 is 0. The number of sulfonamides is 1. The molecule has 9 heteroatoms. The van der Waals surface area contributed by atoms with Crippen LogP contribution in [0.25, 0.3) is 11.1 Å². The van der Waals surface area contributed by atoms with Gasteiger partial charge in [-0.25, -0.2) is 17.2 Å². The quantitative estimate of drug-likeness (QED) is 0.420. The van der Waals surface area contributed by atoms with Gasteiger partial charge in [-0.1, -0.05) is 6.92 Å². The van der Waals surface area contributed by atoms with Crippen LogP contribution in [0.5, 0.6) is 11.5 Å². The molecule has 0 saturated heterocycles. The molecule has 31 heavy (non-hydrogen) atoms. The van der Waals surface area contributed by atoms with Crippen LogP contribution in [-0.4, -0.2) is 14.2 Å². The Hall–Kier alpha value is -3.20. The van der Waals surface area contributed by atoms with Crippen molar-refractivity contribution in [2.45, 2.75) is 27.2 Å². The minimum atomic E-state index is -3.53. The average molecular weight is 448 g/mol. The van der Waals surface area contributed by atoms with Gasteiger partial charge >= 0.3 is 0 Å². The second-order valence-corrected chi connectivity index (χ2v) is 8.93. The van der Waals surface area contributed by atoms with Gasteiger partial charge in [0, 0.05) is 42.8 Å². The molecule has 1 N–H and O–H groups in total. The zero-order valence-corrected chi connectivity index (χ0v) is 18.1. The first-order chi connectivity index (χ1) is 14.6. The van der Waals surface area contributed by atoms with Gasteiger partial charge in [0.15, 0.2) is 23.0 Å². The molecule has 0 atom stereocenters. The maximum Gasteiger partial charge on any atom is 0.232 e. The lowest BCUT2D eigenvalue weighted by Gasteiger charge is -2.16. The fourth-order valence-electron chi connectivity index (χ4n) is 3.03. The lowest BCUT2D eigenvalue weighted by Crippen LogP contribution is -2.34. The van der Waals surface area contributed by atoms with Gasteiger partial charge in [-0.3, -0.25) is 4.72 Å². The summed E-state index contributed by atoms with van der Waals surface area (Å²) in [6, 6.07) is 10.8. The van der Waals surface area contributed by atoms with Crippen molar-refractivity contribution in [3.05, 3.63) is 76.8 Å². The number of hydrogen-bond acceptors (Lipinski definition) is 4. The molecule has 0 aliphatic carbocycles. The Morgan fingerprint density at radius 2 is 1.74 bits per heavy atom. The number of anilines is 1. The molecule has 0 aliphatic rings. The van der Waals surface area contributed by atoms with Crippen LogP contribution in [-0.2, 0) is 16.4 Å². The molecule has 3 aromatic rings. The monoisotopic (exact) mass is 448 g/mol. The predicted octanol–water partition coefficient (Wildman–Crippen LogP) is 4.69. The highest BCUT2D eigenvalue weighted by Gasteiger charge is 2.18. The average Bonchev–Trinajstić information content (AvgIpc) is 2.72. The molecule has 164 valence electrons. The van der Waals surface area contributed by atoms with E-state index in [0.717, 1.165) is 10.8 Å². The molecule has 0 radical (unpaired) electrons. The van der Waals surface area contributed by atoms with Gasteiger partial charge < -0.3 is 9.94 Å². The number of nitrogens with one attached hydrogen (secondary N) is 1. The van der Waals surface area contributed by atoms with Crippen LogP contribution in [0.3, 0.4) is 0 Å². The molecule has 3 rings (SSSR count). The third kappa shape index (κ3) is 5.11. The summed E-state index contributed by atoms with van der Waals surface area (Å²) < 4.78 is 60.4. The van der Waals surface area contributed by atoms with Crippen molar-refractivity contribution in [3.8, 4) is 22.6 Å². The Labute approximate surface area is 179 Å². The van der Waals surface area contributed by atoms with Crippen molar-refractivity contribution in [3.63, 3.8) is 0 Å². The second-order valence-electron chi connectivity index (χ2n) is 6.92. The third-order valence-electron chi connectivity index (χ3n) is 4.69. The minimum absolute atomic E-state index is 0.109. The Bertz CT molecular complexity index is 1230. The standard InChI is InChI=1S/C22H22F2N2O4S/c1-4-18-11-15(10-14(3)26(18)27)19-13-17(25-31(28,29)5-2)7-9-21(19)30-22-8-6-16(23)12-20(22)24/h6-13,25H,4-5H2,1-3H3. The number of halogens is 2. The number of nitrogens with zero attached hydrogens (tertiary/aromatic N) is 1. The lowest BCUT2D eigenvalue weighted by molar-refractivity contribution is -0.620. The van der Waals surface area contributed by atoms with E-state index in [1.165, 1.54) is 25.1 Å². The molecule has 0 aliphatic heterocycles. The van der Waals surface area contributed by atoms with Gasteiger partial charge in [-0.15, -0.1) is 0 Å². The Morgan fingerprint density at radius 1 is 1.03 bits per heavy atom. The van der Waals surface area contributed by atoms with Crippen molar-refractivity contribution in [2.24, 2.45) is 0 Å². The largest absolute Gasteiger partial charge is 0.618 e. The van der Waals surface area contributed by atoms with E-state index >= 15 is 0 Å². The highest BCUT2D eigenvalue weighted by atomic mass is 32.2. The van der Waals surface area contributed by atoms with Crippen LogP contribution in [0.4, 0.5) is 14.5 Å². The highest BCUT2D eigenvalue weighted by molar-refractivity contribution is 7.92. The van der Waals surface area contributed by atoms with E-state index < -0.39 is 21.7 Å². The summed E-state index contributed by atoms with van der Waals surface area (Å²) in [6.07, 6.45) is 0.475. The van der Waals surface area contributed by atoms with Gasteiger partial charge in [-0.05, 0) is 42.8 Å². The van der Waals surface area contributed by atoms with Crippen LogP contribution in [0.15, 0.2) is 48.5 Å². The fraction of sp³-hybridized carbons (Fsp3) is 0.227. The lowest BCUT2D eigenvalue weighted by atomic mass is 10.0. The molecule has 1 heterocycles. The van der Waals surface area contributed by atoms with E-state index in [4.69, 9.17) is 4.74 Å². The van der Waals surface area contributed by atoms with E-state index in [1.807, 2.05) is 6.92 Å². The number of aryl methyl sites for hydroxylation is 2. The van der Waals surface area contributed by atoms with Crippen LogP contribution >= 0.6 is 0 Å². The molecule has 0 amide bonds. The second kappa shape index (κ2) is 8.89. The summed E-state index contributed by atoms with van der Waals surface area (Å²) in [4.78, 5) is 0. The van der Waals surface area contributed by atoms with Gasteiger partial charge in [0.1, 0.15) is 11.6 Å². The predicted molar refractivity (Wildman–Crippen MR) is 114 cm³/mol. The van der Waals surface area contributed by atoms with Crippen molar-refractivity contribution in [1.29, 1.82) is 0 Å². The molecule has 6 nitrogen and oxygen atoms in total. The maximum absolute atomic E-state index is 14.2. The van der Waals surface area contributed by atoms with Gasteiger partial charge in [0.2, 0.25) is 10.0 Å². The molecule has 0 bridgehead atoms. The Morgan fingerprint density at radius 3 is 2.39 bits per heavy atom. The molecule has 0 saturated carbocycles. The van der Waals surface area contributed by atoms with Crippen molar-refractivity contribution >= 4 is 15.7 Å². The molecule has 0 spiro atoms. The maximum atomic E-state index is 14.2.